The van der Waals surface area contributed by atoms with Crippen molar-refractivity contribution < 1.29 is 9.53 Å². The molecule has 1 aliphatic heterocycles. The van der Waals surface area contributed by atoms with Gasteiger partial charge in [-0.05, 0) is 43.7 Å². The Hall–Kier alpha value is -3.39. The van der Waals surface area contributed by atoms with Gasteiger partial charge in [-0.15, -0.1) is 11.3 Å². The SMILES string of the molecule is CCC(C(=O)N1CCN(c2ccc(OC)cc2)CC1)n1nc(C)c2sc3ccccc3c2c1=O. The number of piperazine rings is 1. The molecule has 1 fully saturated rings. The molecule has 3 heterocycles. The molecule has 34 heavy (non-hydrogen) atoms. The second kappa shape index (κ2) is 9.10. The van der Waals surface area contributed by atoms with Crippen LogP contribution in [0.5, 0.6) is 5.75 Å². The van der Waals surface area contributed by atoms with Gasteiger partial charge in [0, 0.05) is 42.0 Å². The summed E-state index contributed by atoms with van der Waals surface area (Å²) in [5.74, 6) is 0.789. The molecule has 5 rings (SSSR count). The summed E-state index contributed by atoms with van der Waals surface area (Å²) in [5, 5.41) is 6.21. The lowest BCUT2D eigenvalue weighted by Gasteiger charge is -2.37. The second-order valence-electron chi connectivity index (χ2n) is 8.57. The van der Waals surface area contributed by atoms with Crippen LogP contribution in [-0.2, 0) is 4.79 Å². The van der Waals surface area contributed by atoms with Gasteiger partial charge in [-0.3, -0.25) is 9.59 Å². The highest BCUT2D eigenvalue weighted by Crippen LogP contribution is 2.33. The average molecular weight is 477 g/mol. The largest absolute Gasteiger partial charge is 0.497 e. The minimum absolute atomic E-state index is 0.0373. The van der Waals surface area contributed by atoms with Crippen LogP contribution < -0.4 is 15.2 Å². The highest BCUT2D eigenvalue weighted by molar-refractivity contribution is 7.26. The number of aromatic nitrogens is 2. The molecule has 1 amide bonds. The average Bonchev–Trinajstić information content (AvgIpc) is 3.28. The van der Waals surface area contributed by atoms with E-state index >= 15 is 0 Å². The molecule has 0 aliphatic carbocycles. The number of hydrogen-bond acceptors (Lipinski definition) is 6. The monoisotopic (exact) mass is 476 g/mol. The third-order valence-electron chi connectivity index (χ3n) is 6.60. The molecule has 1 atom stereocenters. The molecular formula is C26H28N4O3S. The number of carbonyl (C=O) groups is 1. The van der Waals surface area contributed by atoms with Gasteiger partial charge >= 0.3 is 0 Å². The van der Waals surface area contributed by atoms with E-state index in [0.717, 1.165) is 45.0 Å². The molecule has 176 valence electrons. The van der Waals surface area contributed by atoms with Crippen molar-refractivity contribution in [3.63, 3.8) is 0 Å². The van der Waals surface area contributed by atoms with Gasteiger partial charge in [0.05, 0.1) is 22.9 Å². The Bertz CT molecular complexity index is 1400. The van der Waals surface area contributed by atoms with Crippen LogP contribution in [0, 0.1) is 6.92 Å². The lowest BCUT2D eigenvalue weighted by atomic mass is 10.1. The number of aryl methyl sites for hydroxylation is 1. The standard InChI is InChI=1S/C26H28N4O3S/c1-4-21(25(31)29-15-13-28(14-16-29)18-9-11-19(33-3)12-10-18)30-26(32)23-20-7-5-6-8-22(20)34-24(23)17(2)27-30/h5-12,21H,4,13-16H2,1-3H3. The van der Waals surface area contributed by atoms with Crippen LogP contribution in [0.1, 0.15) is 25.1 Å². The quantitative estimate of drug-likeness (QED) is 0.431. The van der Waals surface area contributed by atoms with Gasteiger partial charge in [0.1, 0.15) is 11.8 Å². The van der Waals surface area contributed by atoms with Crippen molar-refractivity contribution in [1.29, 1.82) is 0 Å². The zero-order valence-electron chi connectivity index (χ0n) is 19.7. The molecule has 0 N–H and O–H groups in total. The number of benzene rings is 2. The Kier molecular flexibility index (Phi) is 6.00. The normalized spacial score (nSPS) is 15.1. The Morgan fingerprint density at radius 3 is 2.47 bits per heavy atom. The van der Waals surface area contributed by atoms with Crippen molar-refractivity contribution in [3.05, 3.63) is 64.6 Å². The number of ether oxygens (including phenoxy) is 1. The van der Waals surface area contributed by atoms with Crippen LogP contribution in [0.3, 0.4) is 0 Å². The van der Waals surface area contributed by atoms with Crippen LogP contribution in [0.25, 0.3) is 20.2 Å². The summed E-state index contributed by atoms with van der Waals surface area (Å²) in [6.45, 7) is 6.56. The van der Waals surface area contributed by atoms with Gasteiger partial charge in [0.15, 0.2) is 0 Å². The number of carbonyl (C=O) groups excluding carboxylic acids is 1. The van der Waals surface area contributed by atoms with E-state index in [-0.39, 0.29) is 11.5 Å². The van der Waals surface area contributed by atoms with Gasteiger partial charge in [-0.1, -0.05) is 25.1 Å². The van der Waals surface area contributed by atoms with Crippen molar-refractivity contribution in [3.8, 4) is 5.75 Å². The van der Waals surface area contributed by atoms with Crippen molar-refractivity contribution in [1.82, 2.24) is 14.7 Å². The third-order valence-corrected chi connectivity index (χ3v) is 7.88. The van der Waals surface area contributed by atoms with Crippen LogP contribution in [0.15, 0.2) is 53.3 Å². The van der Waals surface area contributed by atoms with E-state index in [1.54, 1.807) is 18.4 Å². The second-order valence-corrected chi connectivity index (χ2v) is 9.62. The van der Waals surface area contributed by atoms with Gasteiger partial charge in [-0.2, -0.15) is 5.10 Å². The van der Waals surface area contributed by atoms with Crippen molar-refractivity contribution in [2.24, 2.45) is 0 Å². The fourth-order valence-electron chi connectivity index (χ4n) is 4.73. The number of thiophene rings is 1. The predicted octanol–water partition coefficient (Wildman–Crippen LogP) is 4.23. The first-order valence-electron chi connectivity index (χ1n) is 11.6. The topological polar surface area (TPSA) is 67.7 Å². The minimum Gasteiger partial charge on any atom is -0.497 e. The number of amides is 1. The van der Waals surface area contributed by atoms with Crippen molar-refractivity contribution in [2.45, 2.75) is 26.3 Å². The predicted molar refractivity (Wildman–Crippen MR) is 137 cm³/mol. The summed E-state index contributed by atoms with van der Waals surface area (Å²) in [6, 6.07) is 15.3. The minimum atomic E-state index is -0.609. The van der Waals surface area contributed by atoms with Gasteiger partial charge in [-0.25, -0.2) is 4.68 Å². The first kappa shape index (κ1) is 22.4. The molecule has 4 aromatic rings. The van der Waals surface area contributed by atoms with Crippen LogP contribution >= 0.6 is 11.3 Å². The van der Waals surface area contributed by atoms with Gasteiger partial charge in [0.2, 0.25) is 5.91 Å². The summed E-state index contributed by atoms with van der Waals surface area (Å²) in [7, 11) is 1.66. The number of methoxy groups -OCH3 is 1. The first-order chi connectivity index (χ1) is 16.5. The molecule has 0 radical (unpaired) electrons. The zero-order valence-corrected chi connectivity index (χ0v) is 20.5. The number of fused-ring (bicyclic) bond motifs is 3. The number of rotatable bonds is 5. The molecule has 1 unspecified atom stereocenters. The summed E-state index contributed by atoms with van der Waals surface area (Å²) >= 11 is 1.58. The van der Waals surface area contributed by atoms with Crippen molar-refractivity contribution >= 4 is 43.1 Å². The molecule has 0 bridgehead atoms. The molecule has 2 aromatic carbocycles. The molecule has 2 aromatic heterocycles. The third kappa shape index (κ3) is 3.81. The summed E-state index contributed by atoms with van der Waals surface area (Å²) < 4.78 is 8.63. The van der Waals surface area contributed by atoms with Gasteiger partial charge in [0.25, 0.3) is 5.56 Å². The molecule has 0 saturated carbocycles. The van der Waals surface area contributed by atoms with E-state index < -0.39 is 6.04 Å². The van der Waals surface area contributed by atoms with Crippen LogP contribution in [-0.4, -0.2) is 53.9 Å². The van der Waals surface area contributed by atoms with Crippen LogP contribution in [0.4, 0.5) is 5.69 Å². The number of hydrogen-bond donors (Lipinski definition) is 0. The number of nitrogens with zero attached hydrogens (tertiary/aromatic N) is 4. The summed E-state index contributed by atoms with van der Waals surface area (Å²) in [5.41, 5.74) is 1.71. The molecule has 0 spiro atoms. The van der Waals surface area contributed by atoms with E-state index in [2.05, 4.69) is 10.00 Å². The summed E-state index contributed by atoms with van der Waals surface area (Å²) in [4.78, 5) is 31.2. The fourth-order valence-corrected chi connectivity index (χ4v) is 5.87. The summed E-state index contributed by atoms with van der Waals surface area (Å²) in [6.07, 6.45) is 0.511. The highest BCUT2D eigenvalue weighted by Gasteiger charge is 2.30. The fraction of sp³-hybridized carbons (Fsp3) is 0.346. The van der Waals surface area contributed by atoms with E-state index in [9.17, 15) is 9.59 Å². The maximum atomic E-state index is 13.6. The van der Waals surface area contributed by atoms with Crippen molar-refractivity contribution in [2.75, 3.05) is 38.2 Å². The Morgan fingerprint density at radius 2 is 1.79 bits per heavy atom. The lowest BCUT2D eigenvalue weighted by molar-refractivity contribution is -0.135. The van der Waals surface area contributed by atoms with Gasteiger partial charge < -0.3 is 14.5 Å². The van der Waals surface area contributed by atoms with Crippen LogP contribution in [0.2, 0.25) is 0 Å². The van der Waals surface area contributed by atoms with E-state index in [0.29, 0.717) is 24.9 Å². The molecule has 7 nitrogen and oxygen atoms in total. The van der Waals surface area contributed by atoms with E-state index in [1.807, 2.05) is 67.3 Å². The molecule has 8 heteroatoms. The Labute approximate surface area is 202 Å². The molecule has 1 saturated heterocycles. The van der Waals surface area contributed by atoms with E-state index in [4.69, 9.17) is 4.74 Å². The van der Waals surface area contributed by atoms with E-state index in [1.165, 1.54) is 4.68 Å². The lowest BCUT2D eigenvalue weighted by Crippen LogP contribution is -2.51. The Balaban J connectivity index is 1.40. The number of anilines is 1. The highest BCUT2D eigenvalue weighted by atomic mass is 32.1. The zero-order chi connectivity index (χ0) is 23.8. The maximum absolute atomic E-state index is 13.6. The maximum Gasteiger partial charge on any atom is 0.276 e. The first-order valence-corrected chi connectivity index (χ1v) is 12.4. The molecule has 1 aliphatic rings. The molecular weight excluding hydrogens is 448 g/mol. The smallest absolute Gasteiger partial charge is 0.276 e. The Morgan fingerprint density at radius 1 is 1.09 bits per heavy atom.